The summed E-state index contributed by atoms with van der Waals surface area (Å²) in [5.74, 6) is -1.14. The molecule has 1 unspecified atom stereocenters. The summed E-state index contributed by atoms with van der Waals surface area (Å²) < 4.78 is 5.28. The van der Waals surface area contributed by atoms with Crippen molar-refractivity contribution in [3.63, 3.8) is 0 Å². The average molecular weight is 246 g/mol. The second-order valence-electron chi connectivity index (χ2n) is 3.98. The summed E-state index contributed by atoms with van der Waals surface area (Å²) >= 11 is 0. The molecule has 17 heavy (non-hydrogen) atoms. The first kappa shape index (κ1) is 13.7. The molecule has 7 nitrogen and oxygen atoms in total. The van der Waals surface area contributed by atoms with Gasteiger partial charge in [-0.3, -0.25) is 0 Å². The van der Waals surface area contributed by atoms with Crippen LogP contribution in [0.15, 0.2) is 0 Å². The van der Waals surface area contributed by atoms with Crippen LogP contribution >= 0.6 is 0 Å². The number of urea groups is 1. The number of carboxylic acid groups (broad SMARTS) is 1. The second kappa shape index (κ2) is 6.41. The maximum absolute atomic E-state index is 11.7. The van der Waals surface area contributed by atoms with Gasteiger partial charge in [0, 0.05) is 26.1 Å². The Kier molecular flexibility index (Phi) is 5.17. The van der Waals surface area contributed by atoms with Crippen LogP contribution in [0.2, 0.25) is 0 Å². The van der Waals surface area contributed by atoms with Gasteiger partial charge >= 0.3 is 12.0 Å². The minimum Gasteiger partial charge on any atom is -0.480 e. The average Bonchev–Trinajstić information content (AvgIpc) is 2.28. The number of carbonyl (C=O) groups excluding carboxylic acids is 1. The molecule has 0 aromatic carbocycles. The maximum Gasteiger partial charge on any atom is 0.326 e. The van der Waals surface area contributed by atoms with Gasteiger partial charge in [-0.2, -0.15) is 0 Å². The van der Waals surface area contributed by atoms with Crippen LogP contribution in [0.25, 0.3) is 0 Å². The molecule has 0 saturated carbocycles. The number of nitrogens with one attached hydrogen (secondary N) is 1. The van der Waals surface area contributed by atoms with E-state index in [-0.39, 0.29) is 19.1 Å². The number of aliphatic carboxylic acids is 1. The third-order valence-electron chi connectivity index (χ3n) is 2.54. The van der Waals surface area contributed by atoms with E-state index < -0.39 is 18.0 Å². The van der Waals surface area contributed by atoms with Gasteiger partial charge in [0.2, 0.25) is 0 Å². The SMILES string of the molecule is CC1CN(C(=O)N[C@@H](CCO)C(=O)O)CCO1. The third kappa shape index (κ3) is 4.20. The summed E-state index contributed by atoms with van der Waals surface area (Å²) in [5.41, 5.74) is 0. The van der Waals surface area contributed by atoms with Crippen LogP contribution in [0.4, 0.5) is 4.79 Å². The first-order chi connectivity index (χ1) is 8.04. The van der Waals surface area contributed by atoms with Crippen molar-refractivity contribution >= 4 is 12.0 Å². The summed E-state index contributed by atoms with van der Waals surface area (Å²) in [6.45, 7) is 2.91. The van der Waals surface area contributed by atoms with Crippen molar-refractivity contribution in [2.75, 3.05) is 26.3 Å². The molecule has 1 heterocycles. The molecule has 2 atom stereocenters. The Morgan fingerprint density at radius 3 is 2.82 bits per heavy atom. The molecule has 0 aromatic heterocycles. The molecule has 1 aliphatic heterocycles. The number of amides is 2. The van der Waals surface area contributed by atoms with E-state index in [1.165, 1.54) is 4.90 Å². The summed E-state index contributed by atoms with van der Waals surface area (Å²) in [7, 11) is 0. The van der Waals surface area contributed by atoms with Gasteiger partial charge in [-0.1, -0.05) is 0 Å². The van der Waals surface area contributed by atoms with E-state index in [1.54, 1.807) is 0 Å². The first-order valence-electron chi connectivity index (χ1n) is 5.55. The highest BCUT2D eigenvalue weighted by atomic mass is 16.5. The van der Waals surface area contributed by atoms with Gasteiger partial charge in [-0.05, 0) is 6.92 Å². The standard InChI is InChI=1S/C10H18N2O5/c1-7-6-12(3-5-17-7)10(16)11-8(2-4-13)9(14)15/h7-8,13H,2-6H2,1H3,(H,11,16)(H,14,15)/t7?,8-/m0/s1. The van der Waals surface area contributed by atoms with Crippen LogP contribution in [-0.4, -0.2) is 65.6 Å². The van der Waals surface area contributed by atoms with E-state index in [4.69, 9.17) is 14.9 Å². The van der Waals surface area contributed by atoms with Gasteiger partial charge in [0.1, 0.15) is 6.04 Å². The summed E-state index contributed by atoms with van der Waals surface area (Å²) in [5, 5.41) is 19.9. The highest BCUT2D eigenvalue weighted by Crippen LogP contribution is 2.05. The van der Waals surface area contributed by atoms with Gasteiger partial charge in [0.15, 0.2) is 0 Å². The molecule has 1 fully saturated rings. The number of carbonyl (C=O) groups is 2. The molecule has 0 aliphatic carbocycles. The largest absolute Gasteiger partial charge is 0.480 e. The summed E-state index contributed by atoms with van der Waals surface area (Å²) in [6, 6.07) is -1.48. The molecule has 3 N–H and O–H groups in total. The van der Waals surface area contributed by atoms with Crippen LogP contribution in [0, 0.1) is 0 Å². The predicted molar refractivity (Wildman–Crippen MR) is 58.6 cm³/mol. The zero-order valence-electron chi connectivity index (χ0n) is 9.76. The number of carboxylic acids is 1. The van der Waals surface area contributed by atoms with Crippen LogP contribution in [-0.2, 0) is 9.53 Å². The van der Waals surface area contributed by atoms with Crippen LogP contribution in [0.5, 0.6) is 0 Å². The van der Waals surface area contributed by atoms with E-state index in [2.05, 4.69) is 5.32 Å². The molecular formula is C10H18N2O5. The lowest BCUT2D eigenvalue weighted by Gasteiger charge is -2.32. The number of aliphatic hydroxyl groups excluding tert-OH is 1. The molecule has 0 aromatic rings. The lowest BCUT2D eigenvalue weighted by atomic mass is 10.2. The van der Waals surface area contributed by atoms with Gasteiger partial charge in [0.05, 0.1) is 12.7 Å². The Hall–Kier alpha value is -1.34. The van der Waals surface area contributed by atoms with E-state index in [1.807, 2.05) is 6.92 Å². The lowest BCUT2D eigenvalue weighted by molar-refractivity contribution is -0.139. The van der Waals surface area contributed by atoms with Gasteiger partial charge in [0.25, 0.3) is 0 Å². The minimum absolute atomic E-state index is 0.000959. The Morgan fingerprint density at radius 2 is 2.29 bits per heavy atom. The first-order valence-corrected chi connectivity index (χ1v) is 5.55. The molecule has 98 valence electrons. The number of hydrogen-bond donors (Lipinski definition) is 3. The van der Waals surface area contributed by atoms with Crippen molar-refractivity contribution in [1.29, 1.82) is 0 Å². The number of hydrogen-bond acceptors (Lipinski definition) is 4. The van der Waals surface area contributed by atoms with Crippen molar-refractivity contribution in [2.45, 2.75) is 25.5 Å². The van der Waals surface area contributed by atoms with E-state index in [0.29, 0.717) is 19.7 Å². The highest BCUT2D eigenvalue weighted by Gasteiger charge is 2.25. The van der Waals surface area contributed by atoms with E-state index >= 15 is 0 Å². The maximum atomic E-state index is 11.7. The van der Waals surface area contributed by atoms with Crippen molar-refractivity contribution in [3.05, 3.63) is 0 Å². The monoisotopic (exact) mass is 246 g/mol. The predicted octanol–water partition coefficient (Wildman–Crippen LogP) is -0.748. The fourth-order valence-corrected chi connectivity index (χ4v) is 1.63. The number of ether oxygens (including phenoxy) is 1. The van der Waals surface area contributed by atoms with Crippen molar-refractivity contribution < 1.29 is 24.5 Å². The Bertz CT molecular complexity index is 284. The van der Waals surface area contributed by atoms with Crippen LogP contribution in [0.3, 0.4) is 0 Å². The zero-order chi connectivity index (χ0) is 12.8. The van der Waals surface area contributed by atoms with E-state index in [9.17, 15) is 9.59 Å². The highest BCUT2D eigenvalue weighted by molar-refractivity contribution is 5.82. The zero-order valence-corrected chi connectivity index (χ0v) is 9.76. The minimum atomic E-state index is -1.14. The lowest BCUT2D eigenvalue weighted by Crippen LogP contribution is -2.53. The molecule has 2 amide bonds. The fourth-order valence-electron chi connectivity index (χ4n) is 1.63. The quantitative estimate of drug-likeness (QED) is 0.606. The van der Waals surface area contributed by atoms with Crippen LogP contribution < -0.4 is 5.32 Å². The van der Waals surface area contributed by atoms with Crippen molar-refractivity contribution in [1.82, 2.24) is 10.2 Å². The fraction of sp³-hybridized carbons (Fsp3) is 0.800. The molecule has 1 rings (SSSR count). The Labute approximate surface area is 99.4 Å². The second-order valence-corrected chi connectivity index (χ2v) is 3.98. The van der Waals surface area contributed by atoms with Gasteiger partial charge < -0.3 is 25.2 Å². The molecule has 1 aliphatic rings. The summed E-state index contributed by atoms with van der Waals surface area (Å²) in [4.78, 5) is 24.1. The molecule has 0 bridgehead atoms. The topological polar surface area (TPSA) is 99.1 Å². The van der Waals surface area contributed by atoms with Crippen molar-refractivity contribution in [2.24, 2.45) is 0 Å². The molecular weight excluding hydrogens is 228 g/mol. The smallest absolute Gasteiger partial charge is 0.326 e. The van der Waals surface area contributed by atoms with Gasteiger partial charge in [-0.15, -0.1) is 0 Å². The third-order valence-corrected chi connectivity index (χ3v) is 2.54. The van der Waals surface area contributed by atoms with Crippen LogP contribution in [0.1, 0.15) is 13.3 Å². The number of nitrogens with zero attached hydrogens (tertiary/aromatic N) is 1. The molecule has 0 radical (unpaired) electrons. The molecule has 1 saturated heterocycles. The normalized spacial score (nSPS) is 22.0. The number of morpholine rings is 1. The Morgan fingerprint density at radius 1 is 1.59 bits per heavy atom. The number of aliphatic hydroxyl groups is 1. The number of rotatable bonds is 4. The molecule has 0 spiro atoms. The summed E-state index contributed by atoms with van der Waals surface area (Å²) in [6.07, 6.45) is -0.0448. The van der Waals surface area contributed by atoms with Crippen molar-refractivity contribution in [3.8, 4) is 0 Å². The molecule has 7 heteroatoms. The Balaban J connectivity index is 2.48. The van der Waals surface area contributed by atoms with Gasteiger partial charge in [-0.25, -0.2) is 9.59 Å². The van der Waals surface area contributed by atoms with E-state index in [0.717, 1.165) is 0 Å².